The zero-order valence-electron chi connectivity index (χ0n) is 17.6. The van der Waals surface area contributed by atoms with Gasteiger partial charge in [-0.2, -0.15) is 0 Å². The Morgan fingerprint density at radius 1 is 1.10 bits per heavy atom. The smallest absolute Gasteiger partial charge is 0.231 e. The molecule has 6 nitrogen and oxygen atoms in total. The number of ether oxygens (including phenoxy) is 2. The van der Waals surface area contributed by atoms with E-state index in [0.29, 0.717) is 18.2 Å². The Kier molecular flexibility index (Phi) is 4.91. The molecule has 0 aliphatic carbocycles. The van der Waals surface area contributed by atoms with Crippen molar-refractivity contribution in [1.82, 2.24) is 10.2 Å². The van der Waals surface area contributed by atoms with Crippen LogP contribution in [0.2, 0.25) is 0 Å². The van der Waals surface area contributed by atoms with Gasteiger partial charge in [-0.15, -0.1) is 0 Å². The number of phenols is 1. The third-order valence-corrected chi connectivity index (χ3v) is 6.56. The van der Waals surface area contributed by atoms with Gasteiger partial charge in [-0.25, -0.2) is 0 Å². The maximum absolute atomic E-state index is 10.5. The van der Waals surface area contributed by atoms with Gasteiger partial charge >= 0.3 is 0 Å². The fourth-order valence-corrected chi connectivity index (χ4v) is 4.80. The number of aliphatic imine (C=N–C) groups is 1. The number of nitrogens with one attached hydrogen (secondary N) is 1. The largest absolute Gasteiger partial charge is 0.508 e. The van der Waals surface area contributed by atoms with E-state index in [0.717, 1.165) is 54.3 Å². The lowest BCUT2D eigenvalue weighted by Crippen LogP contribution is -2.56. The second kappa shape index (κ2) is 7.60. The lowest BCUT2D eigenvalue weighted by atomic mass is 9.87. The summed E-state index contributed by atoms with van der Waals surface area (Å²) in [6, 6.07) is 14.2. The van der Waals surface area contributed by atoms with Crippen LogP contribution in [0.4, 0.5) is 0 Å². The molecule has 158 valence electrons. The number of fused-ring (bicyclic) bond motifs is 1. The normalized spacial score (nSPS) is 23.0. The summed E-state index contributed by atoms with van der Waals surface area (Å²) in [4.78, 5) is 7.77. The molecule has 5 rings (SSSR count). The Bertz CT molecular complexity index is 964. The van der Waals surface area contributed by atoms with Gasteiger partial charge < -0.3 is 19.5 Å². The number of piperidine rings is 1. The van der Waals surface area contributed by atoms with Gasteiger partial charge in [-0.05, 0) is 56.5 Å². The molecule has 3 aliphatic rings. The number of hydrogen-bond donors (Lipinski definition) is 2. The molecule has 6 heteroatoms. The Balaban J connectivity index is 1.51. The Labute approximate surface area is 177 Å². The molecule has 0 aromatic heterocycles. The molecular weight excluding hydrogens is 378 g/mol. The van der Waals surface area contributed by atoms with E-state index >= 15 is 0 Å². The number of para-hydroxylation sites is 1. The maximum atomic E-state index is 10.5. The molecule has 2 aromatic carbocycles. The average molecular weight is 408 g/mol. The fourth-order valence-electron chi connectivity index (χ4n) is 4.80. The molecule has 1 spiro atoms. The van der Waals surface area contributed by atoms with E-state index in [1.807, 2.05) is 30.3 Å². The Hall–Kier alpha value is -2.57. The van der Waals surface area contributed by atoms with Crippen molar-refractivity contribution in [3.05, 3.63) is 53.6 Å². The molecule has 2 aromatic rings. The van der Waals surface area contributed by atoms with Gasteiger partial charge in [0.2, 0.25) is 6.79 Å². The number of likely N-dealkylation sites (tertiary alicyclic amines) is 1. The highest BCUT2D eigenvalue weighted by Crippen LogP contribution is 2.39. The number of benzene rings is 2. The minimum atomic E-state index is -0.317. The van der Waals surface area contributed by atoms with Crippen molar-refractivity contribution in [3.63, 3.8) is 0 Å². The van der Waals surface area contributed by atoms with Gasteiger partial charge in [0.25, 0.3) is 0 Å². The molecule has 0 radical (unpaired) electrons. The van der Waals surface area contributed by atoms with Crippen LogP contribution in [0, 0.1) is 0 Å². The Morgan fingerprint density at radius 3 is 2.63 bits per heavy atom. The molecule has 0 bridgehead atoms. The zero-order chi connectivity index (χ0) is 20.7. The zero-order valence-corrected chi connectivity index (χ0v) is 17.6. The summed E-state index contributed by atoms with van der Waals surface area (Å²) in [6.07, 6.45) is 2.61. The van der Waals surface area contributed by atoms with Gasteiger partial charge in [0.1, 0.15) is 11.4 Å². The number of nitrogens with zero attached hydrogens (tertiary/aromatic N) is 2. The number of phenolic OH excluding ortho intramolecular Hbond substituents is 1. The SMILES string of the molecule is CC(C)N1CCC2(CC1)N=C(c1ccc3c(c1)OCO3)C[C@@H](c1ccccc1O)N2. The van der Waals surface area contributed by atoms with Crippen molar-refractivity contribution in [2.24, 2.45) is 4.99 Å². The van der Waals surface area contributed by atoms with E-state index < -0.39 is 0 Å². The summed E-state index contributed by atoms with van der Waals surface area (Å²) in [6.45, 7) is 6.78. The average Bonchev–Trinajstić information content (AvgIpc) is 3.22. The van der Waals surface area contributed by atoms with Gasteiger partial charge in [0, 0.05) is 42.9 Å². The van der Waals surface area contributed by atoms with E-state index in [1.54, 1.807) is 6.07 Å². The molecule has 1 atom stereocenters. The summed E-state index contributed by atoms with van der Waals surface area (Å²) in [5.74, 6) is 1.89. The molecule has 30 heavy (non-hydrogen) atoms. The number of aromatic hydroxyl groups is 1. The van der Waals surface area contributed by atoms with E-state index in [-0.39, 0.29) is 18.5 Å². The van der Waals surface area contributed by atoms with E-state index in [2.05, 4.69) is 30.1 Å². The van der Waals surface area contributed by atoms with Crippen LogP contribution in [0.25, 0.3) is 0 Å². The molecule has 3 aliphatic heterocycles. The van der Waals surface area contributed by atoms with Crippen molar-refractivity contribution in [2.75, 3.05) is 19.9 Å². The third kappa shape index (κ3) is 3.55. The van der Waals surface area contributed by atoms with Crippen molar-refractivity contribution < 1.29 is 14.6 Å². The predicted octanol–water partition coefficient (Wildman–Crippen LogP) is 3.85. The van der Waals surface area contributed by atoms with Crippen molar-refractivity contribution >= 4 is 5.71 Å². The monoisotopic (exact) mass is 407 g/mol. The van der Waals surface area contributed by atoms with Crippen molar-refractivity contribution in [2.45, 2.75) is 50.9 Å². The first-order valence-corrected chi connectivity index (χ1v) is 10.8. The van der Waals surface area contributed by atoms with Crippen LogP contribution >= 0.6 is 0 Å². The fraction of sp³-hybridized carbons (Fsp3) is 0.458. The lowest BCUT2D eigenvalue weighted by Gasteiger charge is -2.46. The lowest BCUT2D eigenvalue weighted by molar-refractivity contribution is 0.103. The van der Waals surface area contributed by atoms with Crippen LogP contribution in [0.1, 0.15) is 50.3 Å². The molecular formula is C24H29N3O3. The standard InChI is InChI=1S/C24H29N3O3/c1-16(2)27-11-9-24(10-12-27)25-19(17-7-8-22-23(13-17)30-15-29-22)14-20(26-24)18-5-3-4-6-21(18)28/h3-8,13,16,20,26,28H,9-12,14-15H2,1-2H3/t20-/m0/s1. The summed E-state index contributed by atoms with van der Waals surface area (Å²) >= 11 is 0. The second-order valence-electron chi connectivity index (χ2n) is 8.75. The van der Waals surface area contributed by atoms with Gasteiger partial charge in [0.15, 0.2) is 11.5 Å². The third-order valence-electron chi connectivity index (χ3n) is 6.56. The van der Waals surface area contributed by atoms with Gasteiger partial charge in [-0.1, -0.05) is 18.2 Å². The number of hydrogen-bond acceptors (Lipinski definition) is 6. The van der Waals surface area contributed by atoms with Crippen LogP contribution in [0.3, 0.4) is 0 Å². The van der Waals surface area contributed by atoms with Crippen LogP contribution in [0.15, 0.2) is 47.5 Å². The maximum Gasteiger partial charge on any atom is 0.231 e. The van der Waals surface area contributed by atoms with Crippen molar-refractivity contribution in [3.8, 4) is 17.2 Å². The number of rotatable bonds is 3. The summed E-state index contributed by atoms with van der Waals surface area (Å²) in [7, 11) is 0. The van der Waals surface area contributed by atoms with Crippen LogP contribution < -0.4 is 14.8 Å². The van der Waals surface area contributed by atoms with Crippen molar-refractivity contribution in [1.29, 1.82) is 0 Å². The van der Waals surface area contributed by atoms with Gasteiger partial charge in [-0.3, -0.25) is 10.3 Å². The summed E-state index contributed by atoms with van der Waals surface area (Å²) < 4.78 is 11.1. The van der Waals surface area contributed by atoms with Crippen LogP contribution in [0.5, 0.6) is 17.2 Å². The topological polar surface area (TPSA) is 66.3 Å². The first-order chi connectivity index (χ1) is 14.5. The van der Waals surface area contributed by atoms with Crippen LogP contribution in [-0.4, -0.2) is 47.3 Å². The molecule has 1 fully saturated rings. The second-order valence-corrected chi connectivity index (χ2v) is 8.75. The first kappa shape index (κ1) is 19.4. The van der Waals surface area contributed by atoms with E-state index in [9.17, 15) is 5.11 Å². The minimum absolute atomic E-state index is 0.00900. The van der Waals surface area contributed by atoms with Gasteiger partial charge in [0.05, 0.1) is 0 Å². The molecule has 1 saturated heterocycles. The highest BCUT2D eigenvalue weighted by molar-refractivity contribution is 6.02. The van der Waals surface area contributed by atoms with E-state index in [1.165, 1.54) is 0 Å². The quantitative estimate of drug-likeness (QED) is 0.809. The molecule has 3 heterocycles. The highest BCUT2D eigenvalue weighted by Gasteiger charge is 2.41. The van der Waals surface area contributed by atoms with Crippen LogP contribution in [-0.2, 0) is 0 Å². The van der Waals surface area contributed by atoms with E-state index in [4.69, 9.17) is 14.5 Å². The minimum Gasteiger partial charge on any atom is -0.508 e. The first-order valence-electron chi connectivity index (χ1n) is 10.8. The molecule has 2 N–H and O–H groups in total. The molecule has 0 unspecified atom stereocenters. The molecule has 0 saturated carbocycles. The highest BCUT2D eigenvalue weighted by atomic mass is 16.7. The Morgan fingerprint density at radius 2 is 1.87 bits per heavy atom. The predicted molar refractivity (Wildman–Crippen MR) is 116 cm³/mol. The summed E-state index contributed by atoms with van der Waals surface area (Å²) in [5, 5.41) is 14.3. The molecule has 0 amide bonds. The summed E-state index contributed by atoms with van der Waals surface area (Å²) in [5.41, 5.74) is 2.73.